The Bertz CT molecular complexity index is 327. The van der Waals surface area contributed by atoms with E-state index in [-0.39, 0.29) is 10.8 Å². The van der Waals surface area contributed by atoms with Crippen molar-refractivity contribution >= 4 is 20.4 Å². The molecule has 0 aliphatic rings. The maximum absolute atomic E-state index is 11.9. The molecule has 0 saturated carbocycles. The van der Waals surface area contributed by atoms with Crippen LogP contribution in [-0.4, -0.2) is 26.5 Å². The van der Waals surface area contributed by atoms with Crippen molar-refractivity contribution < 1.29 is 14.0 Å². The lowest BCUT2D eigenvalue weighted by Gasteiger charge is -2.39. The van der Waals surface area contributed by atoms with Crippen LogP contribution < -0.4 is 0 Å². The lowest BCUT2D eigenvalue weighted by molar-refractivity contribution is -0.129. The van der Waals surface area contributed by atoms with Gasteiger partial charge in [0.1, 0.15) is 18.2 Å². The number of Topliss-reactive ketones (excluding diaryl/α,β-unsaturated/α-hetero) is 1. The van der Waals surface area contributed by atoms with E-state index in [0.717, 1.165) is 6.29 Å². The molecular formula is C15H30O3Si. The molecule has 112 valence electrons. The Kier molecular flexibility index (Phi) is 6.15. The molecule has 0 spiro atoms. The van der Waals surface area contributed by atoms with Crippen LogP contribution in [0.4, 0.5) is 0 Å². The van der Waals surface area contributed by atoms with E-state index in [4.69, 9.17) is 4.43 Å². The van der Waals surface area contributed by atoms with Gasteiger partial charge in [-0.1, -0.05) is 41.5 Å². The molecule has 1 atom stereocenters. The van der Waals surface area contributed by atoms with Gasteiger partial charge in [0.25, 0.3) is 0 Å². The van der Waals surface area contributed by atoms with E-state index in [2.05, 4.69) is 33.9 Å². The first-order valence-electron chi connectivity index (χ1n) is 7.04. The monoisotopic (exact) mass is 286 g/mol. The summed E-state index contributed by atoms with van der Waals surface area (Å²) in [6.45, 7) is 16.3. The standard InChI is InChI=1S/C15H30O3Si/c1-9-13(17)15(5,6)10-12(11-16)18-19(7,8)14(2,3)4/h11-12H,9-10H2,1-8H3. The minimum absolute atomic E-state index is 0.0627. The Morgan fingerprint density at radius 2 is 1.68 bits per heavy atom. The average Bonchev–Trinajstić information content (AvgIpc) is 2.24. The lowest BCUT2D eigenvalue weighted by Crippen LogP contribution is -2.45. The number of hydrogen-bond donors (Lipinski definition) is 0. The van der Waals surface area contributed by atoms with Gasteiger partial charge in [-0.15, -0.1) is 0 Å². The maximum atomic E-state index is 11.9. The molecule has 0 N–H and O–H groups in total. The Labute approximate surface area is 119 Å². The molecule has 0 aromatic heterocycles. The molecule has 0 fully saturated rings. The molecule has 19 heavy (non-hydrogen) atoms. The Morgan fingerprint density at radius 3 is 2.00 bits per heavy atom. The van der Waals surface area contributed by atoms with Crippen LogP contribution in [0.2, 0.25) is 18.1 Å². The average molecular weight is 286 g/mol. The van der Waals surface area contributed by atoms with Gasteiger partial charge in [0.05, 0.1) is 0 Å². The first kappa shape index (κ1) is 18.5. The molecule has 0 aromatic rings. The van der Waals surface area contributed by atoms with Gasteiger partial charge in [0, 0.05) is 11.8 Å². The van der Waals surface area contributed by atoms with Crippen molar-refractivity contribution in [1.82, 2.24) is 0 Å². The van der Waals surface area contributed by atoms with Crippen molar-refractivity contribution in [3.05, 3.63) is 0 Å². The van der Waals surface area contributed by atoms with Crippen molar-refractivity contribution in [2.24, 2.45) is 5.41 Å². The SMILES string of the molecule is CCC(=O)C(C)(C)CC(C=O)O[Si](C)(C)C(C)(C)C. The third-order valence-electron chi connectivity index (χ3n) is 4.19. The fourth-order valence-corrected chi connectivity index (χ4v) is 3.02. The van der Waals surface area contributed by atoms with E-state index >= 15 is 0 Å². The third kappa shape index (κ3) is 5.19. The molecule has 0 radical (unpaired) electrons. The zero-order valence-corrected chi connectivity index (χ0v) is 14.8. The first-order chi connectivity index (χ1) is 8.37. The highest BCUT2D eigenvalue weighted by Gasteiger charge is 2.40. The van der Waals surface area contributed by atoms with Crippen molar-refractivity contribution in [1.29, 1.82) is 0 Å². The number of aldehydes is 1. The second-order valence-corrected chi connectivity index (χ2v) is 12.2. The molecule has 0 heterocycles. The van der Waals surface area contributed by atoms with Crippen LogP contribution in [0.15, 0.2) is 0 Å². The van der Waals surface area contributed by atoms with Crippen LogP contribution in [0.3, 0.4) is 0 Å². The van der Waals surface area contributed by atoms with Crippen LogP contribution in [0.5, 0.6) is 0 Å². The molecular weight excluding hydrogens is 256 g/mol. The number of rotatable bonds is 7. The van der Waals surface area contributed by atoms with Gasteiger partial charge in [-0.2, -0.15) is 0 Å². The van der Waals surface area contributed by atoms with E-state index in [1.165, 1.54) is 0 Å². The zero-order valence-electron chi connectivity index (χ0n) is 13.8. The predicted molar refractivity (Wildman–Crippen MR) is 81.8 cm³/mol. The Balaban J connectivity index is 4.89. The van der Waals surface area contributed by atoms with Crippen LogP contribution in [0.25, 0.3) is 0 Å². The second kappa shape index (κ2) is 6.31. The topological polar surface area (TPSA) is 43.4 Å². The quantitative estimate of drug-likeness (QED) is 0.525. The first-order valence-corrected chi connectivity index (χ1v) is 9.94. The van der Waals surface area contributed by atoms with Crippen LogP contribution in [-0.2, 0) is 14.0 Å². The minimum atomic E-state index is -1.98. The molecule has 0 amide bonds. The number of ketones is 1. The molecule has 0 saturated heterocycles. The molecule has 3 nitrogen and oxygen atoms in total. The van der Waals surface area contributed by atoms with Crippen LogP contribution >= 0.6 is 0 Å². The van der Waals surface area contributed by atoms with Gasteiger partial charge in [-0.3, -0.25) is 4.79 Å². The molecule has 0 bridgehead atoms. The van der Waals surface area contributed by atoms with E-state index in [1.807, 2.05) is 20.8 Å². The zero-order chi connectivity index (χ0) is 15.5. The smallest absolute Gasteiger partial charge is 0.193 e. The normalized spacial score (nSPS) is 15.2. The summed E-state index contributed by atoms with van der Waals surface area (Å²) in [5, 5.41) is 0.0627. The summed E-state index contributed by atoms with van der Waals surface area (Å²) in [6, 6.07) is 0. The summed E-state index contributed by atoms with van der Waals surface area (Å²) in [5.41, 5.74) is -0.497. The van der Waals surface area contributed by atoms with Gasteiger partial charge >= 0.3 is 0 Å². The van der Waals surface area contributed by atoms with Gasteiger partial charge in [-0.25, -0.2) is 0 Å². The van der Waals surface area contributed by atoms with E-state index in [1.54, 1.807) is 0 Å². The lowest BCUT2D eigenvalue weighted by atomic mass is 9.81. The Hall–Kier alpha value is -0.483. The van der Waals surface area contributed by atoms with E-state index in [0.29, 0.717) is 12.8 Å². The summed E-state index contributed by atoms with van der Waals surface area (Å²) in [5.74, 6) is 0.179. The van der Waals surface area contributed by atoms with Crippen molar-refractivity contribution in [2.45, 2.75) is 78.6 Å². The largest absolute Gasteiger partial charge is 0.407 e. The molecule has 0 aliphatic heterocycles. The van der Waals surface area contributed by atoms with Crippen LogP contribution in [0.1, 0.15) is 54.4 Å². The van der Waals surface area contributed by atoms with Crippen molar-refractivity contribution in [3.63, 3.8) is 0 Å². The molecule has 0 aromatic carbocycles. The highest BCUT2D eigenvalue weighted by atomic mass is 28.4. The van der Waals surface area contributed by atoms with E-state index in [9.17, 15) is 9.59 Å². The summed E-state index contributed by atoms with van der Waals surface area (Å²) in [6.07, 6.45) is 1.34. The minimum Gasteiger partial charge on any atom is -0.407 e. The molecule has 0 rings (SSSR count). The van der Waals surface area contributed by atoms with Crippen molar-refractivity contribution in [2.75, 3.05) is 0 Å². The number of carbonyl (C=O) groups is 2. The van der Waals surface area contributed by atoms with Crippen LogP contribution in [0, 0.1) is 5.41 Å². The molecule has 1 unspecified atom stereocenters. The number of carbonyl (C=O) groups excluding carboxylic acids is 2. The van der Waals surface area contributed by atoms with Crippen molar-refractivity contribution in [3.8, 4) is 0 Å². The predicted octanol–water partition coefficient (Wildman–Crippen LogP) is 3.97. The van der Waals surface area contributed by atoms with Gasteiger partial charge in [-0.05, 0) is 24.6 Å². The highest BCUT2D eigenvalue weighted by molar-refractivity contribution is 6.74. The third-order valence-corrected chi connectivity index (χ3v) is 8.70. The second-order valence-electron chi connectivity index (χ2n) is 7.42. The summed E-state index contributed by atoms with van der Waals surface area (Å²) in [4.78, 5) is 23.2. The summed E-state index contributed by atoms with van der Waals surface area (Å²) >= 11 is 0. The number of hydrogen-bond acceptors (Lipinski definition) is 3. The fraction of sp³-hybridized carbons (Fsp3) is 0.867. The van der Waals surface area contributed by atoms with Gasteiger partial charge in [0.2, 0.25) is 0 Å². The fourth-order valence-electron chi connectivity index (χ4n) is 1.77. The molecule has 0 aliphatic carbocycles. The summed E-state index contributed by atoms with van der Waals surface area (Å²) in [7, 11) is -1.98. The Morgan fingerprint density at radius 1 is 1.21 bits per heavy atom. The maximum Gasteiger partial charge on any atom is 0.193 e. The van der Waals surface area contributed by atoms with Gasteiger partial charge < -0.3 is 9.22 Å². The summed E-state index contributed by atoms with van der Waals surface area (Å²) < 4.78 is 6.10. The highest BCUT2D eigenvalue weighted by Crippen LogP contribution is 2.38. The molecule has 4 heteroatoms. The van der Waals surface area contributed by atoms with Gasteiger partial charge in [0.15, 0.2) is 8.32 Å². The van der Waals surface area contributed by atoms with E-state index < -0.39 is 19.8 Å².